The van der Waals surface area contributed by atoms with E-state index in [0.29, 0.717) is 0 Å². The monoisotopic (exact) mass is 411 g/mol. The number of esters is 1. The molecule has 8 nitrogen and oxygen atoms in total. The summed E-state index contributed by atoms with van der Waals surface area (Å²) in [4.78, 5) is 24.5. The highest BCUT2D eigenvalue weighted by atomic mass is 32.2. The summed E-state index contributed by atoms with van der Waals surface area (Å²) in [5, 5.41) is 0. The molecule has 2 aromatic rings. The number of methoxy groups -OCH3 is 1. The van der Waals surface area contributed by atoms with Gasteiger partial charge in [0.1, 0.15) is 5.70 Å². The molecule has 1 aliphatic rings. The molecule has 9 heteroatoms. The van der Waals surface area contributed by atoms with Crippen LogP contribution in [0.25, 0.3) is 0 Å². The maximum absolute atomic E-state index is 12.9. The summed E-state index contributed by atoms with van der Waals surface area (Å²) >= 11 is 0. The van der Waals surface area contributed by atoms with Gasteiger partial charge in [-0.15, -0.1) is 0 Å². The summed E-state index contributed by atoms with van der Waals surface area (Å²) in [7, 11) is -4.48. The highest BCUT2D eigenvalue weighted by Crippen LogP contribution is 2.32. The smallest absolute Gasteiger partial charge is 0.337 e. The maximum atomic E-state index is 12.9. The molecule has 1 heterocycles. The Labute approximate surface area is 172 Å². The van der Waals surface area contributed by atoms with E-state index in [9.17, 15) is 18.0 Å². The van der Waals surface area contributed by atoms with E-state index < -0.39 is 81.1 Å². The Morgan fingerprint density at radius 2 is 1.93 bits per heavy atom. The van der Waals surface area contributed by atoms with E-state index in [-0.39, 0.29) is 11.1 Å². The number of ether oxygens (including phenoxy) is 2. The number of ketones is 1. The standard InChI is InChI=1S/C19H17NO7S/c1-25-19(22)14-9-7-13(8-10-14)16-15(21)17(18(20)26-16)27-28(23,24)11-12-5-3-2-4-6-12/h2-10,16H,11,20H2,1H3/t16-/m0/s1/i2D,3D,4D,5D,6D,11D2,16D. The lowest BCUT2D eigenvalue weighted by Gasteiger charge is -2.10. The van der Waals surface area contributed by atoms with E-state index in [1.807, 2.05) is 0 Å². The second kappa shape index (κ2) is 7.73. The Morgan fingerprint density at radius 3 is 2.54 bits per heavy atom. The van der Waals surface area contributed by atoms with Crippen molar-refractivity contribution in [3.8, 4) is 0 Å². The van der Waals surface area contributed by atoms with Gasteiger partial charge in [0.05, 0.1) is 23.6 Å². The second-order valence-corrected chi connectivity index (χ2v) is 6.44. The molecule has 0 saturated heterocycles. The van der Waals surface area contributed by atoms with Gasteiger partial charge in [-0.1, -0.05) is 42.3 Å². The number of carbonyl (C=O) groups is 2. The zero-order chi connectivity index (χ0) is 27.4. The number of hydrogen-bond donors (Lipinski definition) is 1. The molecule has 0 unspecified atom stereocenters. The first kappa shape index (κ1) is 11.5. The minimum absolute atomic E-state index is 0.0714. The quantitative estimate of drug-likeness (QED) is 0.564. The molecule has 0 amide bonds. The predicted octanol–water partition coefficient (Wildman–Crippen LogP) is 1.79. The molecule has 28 heavy (non-hydrogen) atoms. The van der Waals surface area contributed by atoms with Crippen LogP contribution in [0, 0.1) is 0 Å². The normalized spacial score (nSPS) is 23.8. The first-order valence-corrected chi connectivity index (χ1v) is 8.86. The van der Waals surface area contributed by atoms with Crippen LogP contribution in [-0.4, -0.2) is 27.3 Å². The first-order valence-electron chi connectivity index (χ1n) is 11.4. The number of Topliss-reactive ketones (excluding diaryl/α,β-unsaturated/α-hetero) is 1. The van der Waals surface area contributed by atoms with Crippen molar-refractivity contribution in [2.24, 2.45) is 5.73 Å². The van der Waals surface area contributed by atoms with Crippen LogP contribution < -0.4 is 5.73 Å². The van der Waals surface area contributed by atoms with E-state index >= 15 is 0 Å². The fraction of sp³-hybridized carbons (Fsp3) is 0.158. The maximum Gasteiger partial charge on any atom is 0.337 e. The molecule has 0 saturated carbocycles. The van der Waals surface area contributed by atoms with Gasteiger partial charge in [-0.25, -0.2) is 4.79 Å². The lowest BCUT2D eigenvalue weighted by atomic mass is 10.0. The van der Waals surface area contributed by atoms with Gasteiger partial charge < -0.3 is 19.4 Å². The van der Waals surface area contributed by atoms with Crippen molar-refractivity contribution in [2.75, 3.05) is 7.11 Å². The van der Waals surface area contributed by atoms with E-state index in [1.165, 1.54) is 12.1 Å². The molecule has 0 fully saturated rings. The Kier molecular flexibility index (Phi) is 3.17. The van der Waals surface area contributed by atoms with Gasteiger partial charge in [-0.2, -0.15) is 8.42 Å². The zero-order valence-corrected chi connectivity index (χ0v) is 15.0. The Bertz CT molecular complexity index is 1400. The summed E-state index contributed by atoms with van der Waals surface area (Å²) in [6.07, 6.45) is -2.66. The number of rotatable bonds is 6. The molecule has 1 atom stereocenters. The second-order valence-electron chi connectivity index (χ2n) is 5.16. The topological polar surface area (TPSA) is 122 Å². The van der Waals surface area contributed by atoms with Gasteiger partial charge in [0.15, 0.2) is 6.08 Å². The van der Waals surface area contributed by atoms with E-state index in [0.717, 1.165) is 19.2 Å². The lowest BCUT2D eigenvalue weighted by Crippen LogP contribution is -2.16. The number of carbonyl (C=O) groups excluding carboxylic acids is 2. The molecule has 146 valence electrons. The van der Waals surface area contributed by atoms with Gasteiger partial charge in [0.25, 0.3) is 0 Å². The third kappa shape index (κ3) is 4.15. The number of benzene rings is 2. The molecule has 0 radical (unpaired) electrons. The van der Waals surface area contributed by atoms with Crippen LogP contribution in [0.2, 0.25) is 0 Å². The summed E-state index contributed by atoms with van der Waals surface area (Å²) < 4.78 is 103. The van der Waals surface area contributed by atoms with Crippen molar-refractivity contribution in [3.05, 3.63) is 82.8 Å². The van der Waals surface area contributed by atoms with Gasteiger partial charge in [-0.3, -0.25) is 4.79 Å². The summed E-state index contributed by atoms with van der Waals surface area (Å²) in [6.45, 7) is 0. The molecule has 0 aliphatic carbocycles. The Morgan fingerprint density at radius 1 is 1.29 bits per heavy atom. The van der Waals surface area contributed by atoms with Crippen molar-refractivity contribution in [1.82, 2.24) is 0 Å². The van der Waals surface area contributed by atoms with Crippen LogP contribution >= 0.6 is 0 Å². The van der Waals surface area contributed by atoms with Crippen LogP contribution in [-0.2, 0) is 34.3 Å². The van der Waals surface area contributed by atoms with Crippen molar-refractivity contribution in [3.63, 3.8) is 0 Å². The highest BCUT2D eigenvalue weighted by Gasteiger charge is 2.39. The summed E-state index contributed by atoms with van der Waals surface area (Å²) in [6, 6.07) is -0.458. The van der Waals surface area contributed by atoms with Crippen LogP contribution in [0.1, 0.15) is 38.5 Å². The van der Waals surface area contributed by atoms with Gasteiger partial charge in [0, 0.05) is 5.56 Å². The third-order valence-corrected chi connectivity index (χ3v) is 4.18. The van der Waals surface area contributed by atoms with Crippen molar-refractivity contribution >= 4 is 21.9 Å². The van der Waals surface area contributed by atoms with Crippen LogP contribution in [0.4, 0.5) is 0 Å². The number of hydrogen-bond acceptors (Lipinski definition) is 8. The van der Waals surface area contributed by atoms with Crippen molar-refractivity contribution in [1.29, 1.82) is 0 Å². The van der Waals surface area contributed by atoms with Crippen molar-refractivity contribution < 1.29 is 42.6 Å². The molecule has 0 aromatic heterocycles. The van der Waals surface area contributed by atoms with E-state index in [1.54, 1.807) is 0 Å². The molecular weight excluding hydrogens is 386 g/mol. The highest BCUT2D eigenvalue weighted by molar-refractivity contribution is 7.86. The van der Waals surface area contributed by atoms with Crippen LogP contribution in [0.3, 0.4) is 0 Å². The Hall–Kier alpha value is -3.33. The third-order valence-electron chi connectivity index (χ3n) is 3.34. The molecule has 2 N–H and O–H groups in total. The van der Waals surface area contributed by atoms with Gasteiger partial charge >= 0.3 is 16.1 Å². The van der Waals surface area contributed by atoms with Crippen LogP contribution in [0.15, 0.2) is 66.1 Å². The SMILES string of the molecule is [2H]c1c([2H])c([2H])c(C([2H])([2H])S(=O)(=O)OC2=C(N)O[C@@]([2H])(c3ccc(C(=O)OC)cc3)C2=O)c([2H])c1[2H]. The fourth-order valence-corrected chi connectivity index (χ4v) is 2.89. The molecule has 3 rings (SSSR count). The average Bonchev–Trinajstić information content (AvgIpc) is 3.04. The minimum atomic E-state index is -5.62. The van der Waals surface area contributed by atoms with Gasteiger partial charge in [-0.05, 0) is 17.7 Å². The first-order chi connectivity index (χ1) is 16.5. The molecule has 0 bridgehead atoms. The molecular formula is C19H17NO7S. The average molecular weight is 411 g/mol. The Balaban J connectivity index is 2.00. The van der Waals surface area contributed by atoms with E-state index in [2.05, 4.69) is 8.92 Å². The fourth-order valence-electron chi connectivity index (χ4n) is 2.12. The van der Waals surface area contributed by atoms with Crippen LogP contribution in [0.5, 0.6) is 0 Å². The summed E-state index contributed by atoms with van der Waals surface area (Å²) in [5.74, 6) is -4.38. The lowest BCUT2D eigenvalue weighted by molar-refractivity contribution is -0.123. The minimum Gasteiger partial charge on any atom is -0.465 e. The van der Waals surface area contributed by atoms with Crippen molar-refractivity contribution in [2.45, 2.75) is 11.8 Å². The molecule has 0 spiro atoms. The van der Waals surface area contributed by atoms with Gasteiger partial charge in [0.2, 0.25) is 17.4 Å². The zero-order valence-electron chi connectivity index (χ0n) is 22.2. The largest absolute Gasteiger partial charge is 0.465 e. The number of nitrogens with two attached hydrogens (primary N) is 1. The van der Waals surface area contributed by atoms with E-state index in [4.69, 9.17) is 21.4 Å². The summed E-state index contributed by atoms with van der Waals surface area (Å²) in [5.41, 5.74) is 0.439. The molecule has 2 aromatic carbocycles. The predicted molar refractivity (Wildman–Crippen MR) is 98.0 cm³/mol. The molecule has 1 aliphatic heterocycles.